The van der Waals surface area contributed by atoms with Gasteiger partial charge in [0.1, 0.15) is 0 Å². The van der Waals surface area contributed by atoms with Crippen molar-refractivity contribution in [2.45, 2.75) is 12.2 Å². The second-order valence-electron chi connectivity index (χ2n) is 4.13. The third kappa shape index (κ3) is 3.27. The molecule has 0 fully saturated rings. The van der Waals surface area contributed by atoms with Gasteiger partial charge >= 0.3 is 6.18 Å². The molecule has 1 N–H and O–H groups in total. The summed E-state index contributed by atoms with van der Waals surface area (Å²) in [6.07, 6.45) is -4.35. The van der Waals surface area contributed by atoms with Gasteiger partial charge in [0.15, 0.2) is 0 Å². The van der Waals surface area contributed by atoms with Gasteiger partial charge in [-0.1, -0.05) is 15.9 Å². The largest absolute Gasteiger partial charge is 0.416 e. The van der Waals surface area contributed by atoms with E-state index in [-0.39, 0.29) is 6.04 Å². The van der Waals surface area contributed by atoms with Crippen LogP contribution in [0.2, 0.25) is 0 Å². The molecular formula is C13H10Br2F3NS. The highest BCUT2D eigenvalue weighted by Crippen LogP contribution is 2.38. The first-order chi connectivity index (χ1) is 9.34. The molecule has 1 unspecified atom stereocenters. The quantitative estimate of drug-likeness (QED) is 0.670. The Hall–Kier alpha value is -0.370. The summed E-state index contributed by atoms with van der Waals surface area (Å²) in [7, 11) is 1.72. The molecule has 7 heteroatoms. The second-order valence-corrected chi connectivity index (χ2v) is 6.58. The van der Waals surface area contributed by atoms with Crippen LogP contribution in [0.1, 0.15) is 22.7 Å². The maximum atomic E-state index is 12.8. The molecule has 0 spiro atoms. The van der Waals surface area contributed by atoms with E-state index in [0.717, 1.165) is 16.1 Å². The van der Waals surface area contributed by atoms with Crippen molar-refractivity contribution >= 4 is 43.2 Å². The highest BCUT2D eigenvalue weighted by atomic mass is 79.9. The summed E-state index contributed by atoms with van der Waals surface area (Å²) in [6.45, 7) is 0. The van der Waals surface area contributed by atoms with Crippen molar-refractivity contribution in [2.75, 3.05) is 7.05 Å². The molecule has 0 saturated carbocycles. The molecule has 108 valence electrons. The molecule has 1 aromatic heterocycles. The topological polar surface area (TPSA) is 12.0 Å². The molecule has 0 saturated heterocycles. The van der Waals surface area contributed by atoms with E-state index < -0.39 is 11.7 Å². The third-order valence-electron chi connectivity index (χ3n) is 2.88. The predicted molar refractivity (Wildman–Crippen MR) is 82.1 cm³/mol. The van der Waals surface area contributed by atoms with Crippen molar-refractivity contribution in [1.82, 2.24) is 5.32 Å². The second kappa shape index (κ2) is 6.17. The van der Waals surface area contributed by atoms with Gasteiger partial charge in [-0.15, -0.1) is 0 Å². The minimum absolute atomic E-state index is 0.313. The molecule has 1 nitrogen and oxygen atoms in total. The van der Waals surface area contributed by atoms with Crippen LogP contribution >= 0.6 is 43.2 Å². The molecule has 0 radical (unpaired) electrons. The fraction of sp³-hybridized carbons (Fsp3) is 0.231. The van der Waals surface area contributed by atoms with Crippen LogP contribution in [0.25, 0.3) is 0 Å². The number of hydrogen-bond donors (Lipinski definition) is 1. The summed E-state index contributed by atoms with van der Waals surface area (Å²) in [6, 6.07) is 3.37. The number of thiophene rings is 1. The standard InChI is InChI=1S/C13H10Br2F3NS/c1-19-12(9-5-20-6-11(9)15)8-4-7(13(16,17)18)2-3-10(8)14/h2-6,12,19H,1H3. The van der Waals surface area contributed by atoms with Gasteiger partial charge in [0.05, 0.1) is 11.6 Å². The summed E-state index contributed by atoms with van der Waals surface area (Å²) in [5, 5.41) is 6.88. The lowest BCUT2D eigenvalue weighted by atomic mass is 9.99. The molecule has 1 atom stereocenters. The first kappa shape index (κ1) is 16.0. The summed E-state index contributed by atoms with van der Waals surface area (Å²) < 4.78 is 40.1. The number of hydrogen-bond acceptors (Lipinski definition) is 2. The lowest BCUT2D eigenvalue weighted by Gasteiger charge is -2.19. The Kier molecular flexibility index (Phi) is 4.94. The van der Waals surface area contributed by atoms with Gasteiger partial charge in [-0.05, 0) is 57.7 Å². The van der Waals surface area contributed by atoms with Crippen molar-refractivity contribution < 1.29 is 13.2 Å². The lowest BCUT2D eigenvalue weighted by molar-refractivity contribution is -0.137. The fourth-order valence-electron chi connectivity index (χ4n) is 1.92. The first-order valence-electron chi connectivity index (χ1n) is 5.60. The number of benzene rings is 1. The molecular weight excluding hydrogens is 419 g/mol. The maximum absolute atomic E-state index is 12.8. The van der Waals surface area contributed by atoms with Crippen LogP contribution in [0, 0.1) is 0 Å². The SMILES string of the molecule is CNC(c1cscc1Br)c1cc(C(F)(F)F)ccc1Br. The summed E-state index contributed by atoms with van der Waals surface area (Å²) in [5.41, 5.74) is 0.821. The Balaban J connectivity index is 2.52. The van der Waals surface area contributed by atoms with Crippen LogP contribution in [-0.4, -0.2) is 7.05 Å². The number of nitrogens with one attached hydrogen (secondary N) is 1. The molecule has 0 aliphatic rings. The number of rotatable bonds is 3. The van der Waals surface area contributed by atoms with Gasteiger partial charge in [0.2, 0.25) is 0 Å². The molecule has 2 rings (SSSR count). The highest BCUT2D eigenvalue weighted by molar-refractivity contribution is 9.10. The van der Waals surface area contributed by atoms with E-state index in [1.54, 1.807) is 7.05 Å². The zero-order valence-corrected chi connectivity index (χ0v) is 14.3. The Labute approximate surface area is 135 Å². The predicted octanol–water partition coefficient (Wildman–Crippen LogP) is 5.60. The van der Waals surface area contributed by atoms with Gasteiger partial charge in [-0.2, -0.15) is 24.5 Å². The van der Waals surface area contributed by atoms with E-state index in [9.17, 15) is 13.2 Å². The Morgan fingerprint density at radius 1 is 1.10 bits per heavy atom. The normalized spacial score (nSPS) is 13.5. The highest BCUT2D eigenvalue weighted by Gasteiger charge is 2.32. The van der Waals surface area contributed by atoms with Crippen molar-refractivity contribution in [2.24, 2.45) is 0 Å². The Morgan fingerprint density at radius 3 is 2.30 bits per heavy atom. The molecule has 2 aromatic rings. The summed E-state index contributed by atoms with van der Waals surface area (Å²) in [4.78, 5) is 0. The van der Waals surface area contributed by atoms with E-state index in [2.05, 4.69) is 37.2 Å². The molecule has 0 bridgehead atoms. The van der Waals surface area contributed by atoms with Gasteiger partial charge in [0, 0.05) is 14.3 Å². The Bertz CT molecular complexity index is 610. The average molecular weight is 429 g/mol. The third-order valence-corrected chi connectivity index (χ3v) is 5.35. The molecule has 0 amide bonds. The molecule has 1 aromatic carbocycles. The minimum atomic E-state index is -4.35. The fourth-order valence-corrected chi connectivity index (χ4v) is 3.94. The molecule has 20 heavy (non-hydrogen) atoms. The minimum Gasteiger partial charge on any atom is -0.309 e. The van der Waals surface area contributed by atoms with Gasteiger partial charge in [-0.3, -0.25) is 0 Å². The summed E-state index contributed by atoms with van der Waals surface area (Å²) >= 11 is 8.25. The van der Waals surface area contributed by atoms with E-state index >= 15 is 0 Å². The van der Waals surface area contributed by atoms with E-state index in [4.69, 9.17) is 0 Å². The monoisotopic (exact) mass is 427 g/mol. The number of halogens is 5. The van der Waals surface area contributed by atoms with Crippen molar-refractivity contribution in [1.29, 1.82) is 0 Å². The van der Waals surface area contributed by atoms with E-state index in [1.807, 2.05) is 10.8 Å². The maximum Gasteiger partial charge on any atom is 0.416 e. The molecule has 0 aliphatic carbocycles. The van der Waals surface area contributed by atoms with Crippen molar-refractivity contribution in [3.8, 4) is 0 Å². The van der Waals surface area contributed by atoms with Crippen LogP contribution < -0.4 is 5.32 Å². The van der Waals surface area contributed by atoms with Crippen molar-refractivity contribution in [3.05, 3.63) is 54.6 Å². The van der Waals surface area contributed by atoms with Gasteiger partial charge in [0.25, 0.3) is 0 Å². The number of alkyl halides is 3. The molecule has 1 heterocycles. The van der Waals surface area contributed by atoms with Crippen LogP contribution in [0.4, 0.5) is 13.2 Å². The summed E-state index contributed by atoms with van der Waals surface area (Å²) in [5.74, 6) is 0. The van der Waals surface area contributed by atoms with Gasteiger partial charge < -0.3 is 5.32 Å². The van der Waals surface area contributed by atoms with E-state index in [1.165, 1.54) is 23.5 Å². The van der Waals surface area contributed by atoms with Gasteiger partial charge in [-0.25, -0.2) is 0 Å². The van der Waals surface area contributed by atoms with Crippen LogP contribution in [0.15, 0.2) is 37.9 Å². The zero-order valence-electron chi connectivity index (χ0n) is 10.3. The van der Waals surface area contributed by atoms with Crippen LogP contribution in [0.5, 0.6) is 0 Å². The zero-order chi connectivity index (χ0) is 14.9. The Morgan fingerprint density at radius 2 is 1.80 bits per heavy atom. The lowest BCUT2D eigenvalue weighted by Crippen LogP contribution is -2.19. The first-order valence-corrected chi connectivity index (χ1v) is 8.13. The van der Waals surface area contributed by atoms with Crippen LogP contribution in [0.3, 0.4) is 0 Å². The van der Waals surface area contributed by atoms with Crippen molar-refractivity contribution in [3.63, 3.8) is 0 Å². The van der Waals surface area contributed by atoms with E-state index in [0.29, 0.717) is 10.0 Å². The molecule has 0 aliphatic heterocycles. The van der Waals surface area contributed by atoms with Crippen LogP contribution in [-0.2, 0) is 6.18 Å². The average Bonchev–Trinajstić information content (AvgIpc) is 2.78. The smallest absolute Gasteiger partial charge is 0.309 e.